The highest BCUT2D eigenvalue weighted by atomic mass is 32.2. The number of rotatable bonds is 9. The van der Waals surface area contributed by atoms with Gasteiger partial charge in [0.1, 0.15) is 0 Å². The zero-order valence-corrected chi connectivity index (χ0v) is 17.0. The van der Waals surface area contributed by atoms with Crippen molar-refractivity contribution in [3.05, 3.63) is 53.6 Å². The van der Waals surface area contributed by atoms with Crippen molar-refractivity contribution in [3.8, 4) is 11.5 Å². The molecule has 2 aromatic rings. The van der Waals surface area contributed by atoms with E-state index in [0.717, 1.165) is 11.1 Å². The molecule has 28 heavy (non-hydrogen) atoms. The number of nitrogens with one attached hydrogen (secondary N) is 2. The summed E-state index contributed by atoms with van der Waals surface area (Å²) in [6.45, 7) is 2.75. The monoisotopic (exact) mass is 406 g/mol. The Morgan fingerprint density at radius 3 is 2.36 bits per heavy atom. The number of aliphatic imine (C=N–C) groups is 1. The molecule has 0 aliphatic heterocycles. The van der Waals surface area contributed by atoms with E-state index in [2.05, 4.69) is 15.0 Å². The highest BCUT2D eigenvalue weighted by Crippen LogP contribution is 2.27. The van der Waals surface area contributed by atoms with E-state index in [-0.39, 0.29) is 17.4 Å². The predicted molar refractivity (Wildman–Crippen MR) is 109 cm³/mol. The summed E-state index contributed by atoms with van der Waals surface area (Å²) < 4.78 is 37.3. The van der Waals surface area contributed by atoms with Crippen molar-refractivity contribution in [1.29, 1.82) is 0 Å². The average Bonchev–Trinajstić information content (AvgIpc) is 2.69. The van der Waals surface area contributed by atoms with Crippen LogP contribution in [0.1, 0.15) is 11.1 Å². The lowest BCUT2D eigenvalue weighted by molar-refractivity contribution is 0.354. The molecule has 0 radical (unpaired) electrons. The van der Waals surface area contributed by atoms with Gasteiger partial charge in [-0.05, 0) is 36.8 Å². The number of nitrogens with zero attached hydrogens (tertiary/aromatic N) is 1. The second kappa shape index (κ2) is 9.95. The molecule has 0 heterocycles. The summed E-state index contributed by atoms with van der Waals surface area (Å²) in [4.78, 5) is 4.47. The Bertz CT molecular complexity index is 912. The van der Waals surface area contributed by atoms with E-state index in [0.29, 0.717) is 24.6 Å². The normalized spacial score (nSPS) is 11.9. The number of hydrogen-bond acceptors (Lipinski definition) is 5. The number of methoxy groups -OCH3 is 2. The summed E-state index contributed by atoms with van der Waals surface area (Å²) in [6.07, 6.45) is 0. The van der Waals surface area contributed by atoms with Crippen LogP contribution in [0.3, 0.4) is 0 Å². The van der Waals surface area contributed by atoms with Crippen LogP contribution in [0.15, 0.2) is 52.4 Å². The number of aryl methyl sites for hydroxylation is 1. The second-order valence-corrected chi connectivity index (χ2v) is 7.80. The van der Waals surface area contributed by atoms with E-state index in [1.54, 1.807) is 44.6 Å². The van der Waals surface area contributed by atoms with E-state index < -0.39 is 10.0 Å². The minimum Gasteiger partial charge on any atom is -0.493 e. The van der Waals surface area contributed by atoms with Gasteiger partial charge in [0.2, 0.25) is 10.0 Å². The number of hydrogen-bond donors (Lipinski definition) is 3. The van der Waals surface area contributed by atoms with Gasteiger partial charge in [0.25, 0.3) is 0 Å². The molecular formula is C19H26N4O4S. The van der Waals surface area contributed by atoms with Crippen LogP contribution in [0.4, 0.5) is 0 Å². The van der Waals surface area contributed by atoms with E-state index in [9.17, 15) is 8.42 Å². The summed E-state index contributed by atoms with van der Waals surface area (Å²) in [6, 6.07) is 12.2. The molecule has 0 aliphatic carbocycles. The largest absolute Gasteiger partial charge is 0.493 e. The Labute approximate surface area is 165 Å². The molecule has 0 amide bonds. The Kier molecular flexibility index (Phi) is 7.65. The third-order valence-corrected chi connectivity index (χ3v) is 5.41. The molecule has 0 aromatic heterocycles. The quantitative estimate of drug-likeness (QED) is 0.329. The molecule has 0 saturated heterocycles. The summed E-state index contributed by atoms with van der Waals surface area (Å²) in [5.41, 5.74) is 7.74. The Hall–Kier alpha value is -2.78. The lowest BCUT2D eigenvalue weighted by Crippen LogP contribution is -2.38. The molecule has 2 rings (SSSR count). The number of guanidine groups is 1. The maximum absolute atomic E-state index is 12.2. The van der Waals surface area contributed by atoms with E-state index in [4.69, 9.17) is 15.2 Å². The van der Waals surface area contributed by atoms with Crippen LogP contribution in [0.5, 0.6) is 11.5 Å². The van der Waals surface area contributed by atoms with E-state index in [1.807, 2.05) is 19.1 Å². The highest BCUT2D eigenvalue weighted by molar-refractivity contribution is 7.89. The van der Waals surface area contributed by atoms with Gasteiger partial charge in [0.15, 0.2) is 17.5 Å². The van der Waals surface area contributed by atoms with Gasteiger partial charge >= 0.3 is 0 Å². The lowest BCUT2D eigenvalue weighted by Gasteiger charge is -2.10. The fourth-order valence-electron chi connectivity index (χ4n) is 2.39. The van der Waals surface area contributed by atoms with E-state index >= 15 is 0 Å². The molecule has 0 atom stereocenters. The third-order valence-electron chi connectivity index (χ3n) is 3.93. The standard InChI is InChI=1S/C19H26N4O4S/c1-14-4-7-16(8-5-14)28(24,25)23-11-10-21-19(20)22-13-15-6-9-17(26-2)18(12-15)27-3/h4-9,12,23H,10-11,13H2,1-3H3,(H3,20,21,22). The average molecular weight is 407 g/mol. The summed E-state index contributed by atoms with van der Waals surface area (Å²) >= 11 is 0. The molecule has 9 heteroatoms. The molecule has 0 spiro atoms. The topological polar surface area (TPSA) is 115 Å². The number of nitrogens with two attached hydrogens (primary N) is 1. The van der Waals surface area contributed by atoms with Gasteiger partial charge in [0, 0.05) is 13.1 Å². The Balaban J connectivity index is 1.82. The van der Waals surface area contributed by atoms with Crippen molar-refractivity contribution >= 4 is 16.0 Å². The first-order chi connectivity index (χ1) is 13.4. The maximum Gasteiger partial charge on any atom is 0.240 e. The van der Waals surface area contributed by atoms with Gasteiger partial charge in [-0.1, -0.05) is 23.8 Å². The zero-order valence-electron chi connectivity index (χ0n) is 16.2. The molecule has 8 nitrogen and oxygen atoms in total. The van der Waals surface area contributed by atoms with Crippen LogP contribution in [-0.2, 0) is 16.6 Å². The molecule has 4 N–H and O–H groups in total. The minimum atomic E-state index is -3.54. The highest BCUT2D eigenvalue weighted by Gasteiger charge is 2.12. The second-order valence-electron chi connectivity index (χ2n) is 6.03. The smallest absolute Gasteiger partial charge is 0.240 e. The number of ether oxygens (including phenoxy) is 2. The summed E-state index contributed by atoms with van der Waals surface area (Å²) in [5, 5.41) is 2.88. The van der Waals surface area contributed by atoms with Gasteiger partial charge in [-0.3, -0.25) is 0 Å². The summed E-state index contributed by atoms with van der Waals surface area (Å²) in [7, 11) is -0.399. The molecule has 152 valence electrons. The van der Waals surface area contributed by atoms with Crippen molar-refractivity contribution in [3.63, 3.8) is 0 Å². The molecular weight excluding hydrogens is 380 g/mol. The van der Waals surface area contributed by atoms with Crippen LogP contribution in [0.2, 0.25) is 0 Å². The molecule has 0 aliphatic rings. The molecule has 0 unspecified atom stereocenters. The van der Waals surface area contributed by atoms with Crippen LogP contribution >= 0.6 is 0 Å². The molecule has 0 saturated carbocycles. The van der Waals surface area contributed by atoms with Crippen molar-refractivity contribution in [2.75, 3.05) is 27.3 Å². The maximum atomic E-state index is 12.2. The van der Waals surface area contributed by atoms with Crippen molar-refractivity contribution in [2.45, 2.75) is 18.4 Å². The van der Waals surface area contributed by atoms with Crippen molar-refractivity contribution in [1.82, 2.24) is 10.0 Å². The van der Waals surface area contributed by atoms with Gasteiger partial charge in [-0.2, -0.15) is 0 Å². The Morgan fingerprint density at radius 2 is 1.71 bits per heavy atom. The van der Waals surface area contributed by atoms with Crippen LogP contribution in [-0.4, -0.2) is 41.7 Å². The van der Waals surface area contributed by atoms with Gasteiger partial charge in [-0.15, -0.1) is 0 Å². The van der Waals surface area contributed by atoms with E-state index in [1.165, 1.54) is 0 Å². The first kappa shape index (κ1) is 21.5. The zero-order chi connectivity index (χ0) is 20.6. The first-order valence-electron chi connectivity index (χ1n) is 8.66. The molecule has 0 fully saturated rings. The van der Waals surface area contributed by atoms with Crippen LogP contribution in [0, 0.1) is 6.92 Å². The molecule has 2 aromatic carbocycles. The lowest BCUT2D eigenvalue weighted by atomic mass is 10.2. The SMILES string of the molecule is COc1ccc(CN=C(N)NCCNS(=O)(=O)c2ccc(C)cc2)cc1OC. The molecule has 0 bridgehead atoms. The van der Waals surface area contributed by atoms with Gasteiger partial charge < -0.3 is 20.5 Å². The van der Waals surface area contributed by atoms with Gasteiger partial charge in [-0.25, -0.2) is 18.1 Å². The number of sulfonamides is 1. The Morgan fingerprint density at radius 1 is 1.04 bits per heavy atom. The summed E-state index contributed by atoms with van der Waals surface area (Å²) in [5.74, 6) is 1.48. The van der Waals surface area contributed by atoms with Crippen molar-refractivity contribution < 1.29 is 17.9 Å². The fraction of sp³-hybridized carbons (Fsp3) is 0.316. The van der Waals surface area contributed by atoms with Gasteiger partial charge in [0.05, 0.1) is 25.7 Å². The van der Waals surface area contributed by atoms with Crippen LogP contribution < -0.4 is 25.2 Å². The minimum absolute atomic E-state index is 0.183. The fourth-order valence-corrected chi connectivity index (χ4v) is 3.42. The van der Waals surface area contributed by atoms with Crippen LogP contribution in [0.25, 0.3) is 0 Å². The third kappa shape index (κ3) is 6.14. The predicted octanol–water partition coefficient (Wildman–Crippen LogP) is 1.40. The first-order valence-corrected chi connectivity index (χ1v) is 10.1. The number of benzene rings is 2. The van der Waals surface area contributed by atoms with Crippen molar-refractivity contribution in [2.24, 2.45) is 10.7 Å².